The van der Waals surface area contributed by atoms with Gasteiger partial charge in [0.15, 0.2) is 13.2 Å². The van der Waals surface area contributed by atoms with E-state index in [0.717, 1.165) is 27.3 Å². The highest BCUT2D eigenvalue weighted by Gasteiger charge is 2.46. The van der Waals surface area contributed by atoms with Crippen LogP contribution in [0.3, 0.4) is 0 Å². The molecule has 3 aromatic carbocycles. The smallest absolute Gasteiger partial charge is 0.328 e. The molecule has 0 aliphatic carbocycles. The molecule has 1 saturated heterocycles. The summed E-state index contributed by atoms with van der Waals surface area (Å²) in [4.78, 5) is 86.3. The van der Waals surface area contributed by atoms with Crippen LogP contribution in [0.2, 0.25) is 0 Å². The lowest BCUT2D eigenvalue weighted by Crippen LogP contribution is -2.54. The van der Waals surface area contributed by atoms with Crippen LogP contribution in [0, 0.1) is 0 Å². The zero-order valence-electron chi connectivity index (χ0n) is 26.6. The molecule has 0 radical (unpaired) electrons. The number of ether oxygens (including phenoxy) is 2. The number of hydrogen-bond donors (Lipinski definition) is 4. The van der Waals surface area contributed by atoms with Crippen LogP contribution >= 0.6 is 0 Å². The van der Waals surface area contributed by atoms with Crippen molar-refractivity contribution in [1.29, 1.82) is 0 Å². The normalized spacial score (nSPS) is 15.9. The molecule has 2 heterocycles. The minimum Gasteiger partial charge on any atom is -0.484 e. The van der Waals surface area contributed by atoms with E-state index in [1.165, 1.54) is 18.2 Å². The first-order valence-corrected chi connectivity index (χ1v) is 15.6. The molecule has 6 amide bonds. The number of benzene rings is 3. The lowest BCUT2D eigenvalue weighted by Gasteiger charge is -2.27. The van der Waals surface area contributed by atoms with E-state index in [-0.39, 0.29) is 42.2 Å². The number of nitrogens with one attached hydrogen (secondary N) is 3. The first-order chi connectivity index (χ1) is 23.5. The topological polar surface area (TPSA) is 198 Å². The minimum absolute atomic E-state index is 0.000904. The molecule has 0 saturated carbocycles. The third-order valence-electron chi connectivity index (χ3n) is 8.01. The molecule has 254 valence electrons. The van der Waals surface area contributed by atoms with Crippen LogP contribution in [0.25, 0.3) is 16.3 Å². The van der Waals surface area contributed by atoms with Crippen LogP contribution in [0.15, 0.2) is 60.7 Å². The molecule has 3 aromatic rings. The standard InChI is InChI=1S/C35H34N4O10/c1-20(15-31(43)44)21-7-8-23-17-24(10-9-22(23)16-21)48-18-29(41)36-13-2-3-14-37-30(42)19-49-27-6-4-5-25-32(27)35(47)39(34(25)46)26-11-12-28(40)38-33(26)45/h4-10,15-17,26H,2-3,11-14,18-19H2,1H3,(H,36,41)(H,37,42)(H,43,44)(H,38,40,45)/b20-15+. The number of rotatable bonds is 14. The second-order valence-corrected chi connectivity index (χ2v) is 11.5. The summed E-state index contributed by atoms with van der Waals surface area (Å²) in [5, 5.41) is 18.4. The number of unbranched alkanes of at least 4 members (excludes halogenated alkanes) is 1. The van der Waals surface area contributed by atoms with Crippen molar-refractivity contribution in [3.63, 3.8) is 0 Å². The predicted octanol–water partition coefficient (Wildman–Crippen LogP) is 2.20. The molecule has 14 heteroatoms. The van der Waals surface area contributed by atoms with E-state index in [0.29, 0.717) is 37.3 Å². The fourth-order valence-electron chi connectivity index (χ4n) is 5.53. The van der Waals surface area contributed by atoms with Crippen molar-refractivity contribution in [2.45, 2.75) is 38.6 Å². The molecule has 49 heavy (non-hydrogen) atoms. The molecule has 1 fully saturated rings. The van der Waals surface area contributed by atoms with Gasteiger partial charge in [-0.15, -0.1) is 0 Å². The average Bonchev–Trinajstić information content (AvgIpc) is 3.33. The van der Waals surface area contributed by atoms with Crippen molar-refractivity contribution in [2.75, 3.05) is 26.3 Å². The molecule has 14 nitrogen and oxygen atoms in total. The summed E-state index contributed by atoms with van der Waals surface area (Å²) in [6.45, 7) is 1.82. The molecule has 1 unspecified atom stereocenters. The fourth-order valence-corrected chi connectivity index (χ4v) is 5.53. The number of carboxylic acids is 1. The predicted molar refractivity (Wildman–Crippen MR) is 175 cm³/mol. The van der Waals surface area contributed by atoms with Gasteiger partial charge in [0.25, 0.3) is 23.6 Å². The summed E-state index contributed by atoms with van der Waals surface area (Å²) < 4.78 is 11.2. The maximum atomic E-state index is 13.1. The van der Waals surface area contributed by atoms with E-state index < -0.39 is 48.2 Å². The Morgan fingerprint density at radius 3 is 2.27 bits per heavy atom. The van der Waals surface area contributed by atoms with Crippen molar-refractivity contribution < 1.29 is 48.1 Å². The summed E-state index contributed by atoms with van der Waals surface area (Å²) in [5.41, 5.74) is 1.44. The Balaban J connectivity index is 0.994. The van der Waals surface area contributed by atoms with Crippen LogP contribution in [-0.4, -0.2) is 83.8 Å². The molecule has 2 aliphatic heterocycles. The summed E-state index contributed by atoms with van der Waals surface area (Å²) in [6, 6.07) is 14.2. The number of amides is 6. The number of carboxylic acid groups (broad SMARTS) is 1. The van der Waals surface area contributed by atoms with Gasteiger partial charge in [-0.3, -0.25) is 39.0 Å². The quantitative estimate of drug-likeness (QED) is 0.112. The number of imide groups is 2. The van der Waals surface area contributed by atoms with Gasteiger partial charge in [0, 0.05) is 25.6 Å². The van der Waals surface area contributed by atoms with E-state index in [1.807, 2.05) is 24.3 Å². The van der Waals surface area contributed by atoms with Gasteiger partial charge in [-0.25, -0.2) is 4.79 Å². The molecule has 0 spiro atoms. The number of fused-ring (bicyclic) bond motifs is 2. The minimum atomic E-state index is -1.11. The third kappa shape index (κ3) is 8.27. The van der Waals surface area contributed by atoms with Crippen molar-refractivity contribution in [1.82, 2.24) is 20.9 Å². The van der Waals surface area contributed by atoms with Crippen LogP contribution in [0.1, 0.15) is 58.9 Å². The molecule has 4 N–H and O–H groups in total. The number of aliphatic carboxylic acids is 1. The van der Waals surface area contributed by atoms with Gasteiger partial charge in [-0.2, -0.15) is 0 Å². The molecule has 2 aliphatic rings. The first-order valence-electron chi connectivity index (χ1n) is 15.6. The van der Waals surface area contributed by atoms with Gasteiger partial charge in [-0.05, 0) is 78.4 Å². The van der Waals surface area contributed by atoms with Gasteiger partial charge in [0.05, 0.1) is 11.1 Å². The van der Waals surface area contributed by atoms with Crippen LogP contribution in [0.4, 0.5) is 0 Å². The Bertz CT molecular complexity index is 1890. The Labute approximate surface area is 280 Å². The molecule has 0 bridgehead atoms. The van der Waals surface area contributed by atoms with Crippen molar-refractivity contribution >= 4 is 57.8 Å². The highest BCUT2D eigenvalue weighted by molar-refractivity contribution is 6.24. The Morgan fingerprint density at radius 1 is 0.898 bits per heavy atom. The Kier molecular flexibility index (Phi) is 10.7. The van der Waals surface area contributed by atoms with Crippen molar-refractivity contribution in [3.8, 4) is 11.5 Å². The maximum absolute atomic E-state index is 13.1. The molecule has 0 aromatic heterocycles. The van der Waals surface area contributed by atoms with Gasteiger partial charge in [0.2, 0.25) is 11.8 Å². The Morgan fingerprint density at radius 2 is 1.57 bits per heavy atom. The van der Waals surface area contributed by atoms with Crippen LogP contribution in [0.5, 0.6) is 11.5 Å². The lowest BCUT2D eigenvalue weighted by molar-refractivity contribution is -0.136. The highest BCUT2D eigenvalue weighted by Crippen LogP contribution is 2.33. The zero-order valence-corrected chi connectivity index (χ0v) is 26.6. The van der Waals surface area contributed by atoms with E-state index in [4.69, 9.17) is 14.6 Å². The molecule has 5 rings (SSSR count). The number of piperidine rings is 1. The number of nitrogens with zero attached hydrogens (tertiary/aromatic N) is 1. The Hall–Kier alpha value is -6.05. The molecular weight excluding hydrogens is 636 g/mol. The van der Waals surface area contributed by atoms with Crippen molar-refractivity contribution in [2.24, 2.45) is 0 Å². The van der Waals surface area contributed by atoms with Crippen LogP contribution < -0.4 is 25.4 Å². The van der Waals surface area contributed by atoms with E-state index >= 15 is 0 Å². The number of carbonyl (C=O) groups is 7. The third-order valence-corrected chi connectivity index (χ3v) is 8.01. The lowest BCUT2D eigenvalue weighted by atomic mass is 10.0. The molecular formula is C35H34N4O10. The summed E-state index contributed by atoms with van der Waals surface area (Å²) in [6.07, 6.45) is 2.33. The monoisotopic (exact) mass is 670 g/mol. The van der Waals surface area contributed by atoms with E-state index in [9.17, 15) is 33.6 Å². The van der Waals surface area contributed by atoms with Gasteiger partial charge < -0.3 is 25.2 Å². The maximum Gasteiger partial charge on any atom is 0.328 e. The first kappa shape index (κ1) is 34.3. The molecule has 1 atom stereocenters. The highest BCUT2D eigenvalue weighted by atomic mass is 16.5. The second-order valence-electron chi connectivity index (χ2n) is 11.5. The average molecular weight is 671 g/mol. The van der Waals surface area contributed by atoms with E-state index in [1.54, 1.807) is 19.1 Å². The van der Waals surface area contributed by atoms with Gasteiger partial charge >= 0.3 is 5.97 Å². The second kappa shape index (κ2) is 15.2. The van der Waals surface area contributed by atoms with Crippen LogP contribution in [-0.2, 0) is 24.0 Å². The summed E-state index contributed by atoms with van der Waals surface area (Å²) in [7, 11) is 0. The number of carbonyl (C=O) groups excluding carboxylic acids is 6. The number of hydrogen-bond acceptors (Lipinski definition) is 9. The van der Waals surface area contributed by atoms with Gasteiger partial charge in [-0.1, -0.05) is 24.3 Å². The SMILES string of the molecule is C/C(=C\C(=O)O)c1ccc2cc(OCC(=O)NCCCCNC(=O)COc3cccc4c3C(=O)N(C3CCC(=O)NC3=O)C4=O)ccc2c1. The fraction of sp³-hybridized carbons (Fsp3) is 0.286. The van der Waals surface area contributed by atoms with Crippen molar-refractivity contribution in [3.05, 3.63) is 77.4 Å². The number of allylic oxidation sites excluding steroid dienone is 1. The summed E-state index contributed by atoms with van der Waals surface area (Å²) in [5.74, 6) is -3.81. The van der Waals surface area contributed by atoms with Gasteiger partial charge in [0.1, 0.15) is 17.5 Å². The largest absolute Gasteiger partial charge is 0.484 e. The summed E-state index contributed by atoms with van der Waals surface area (Å²) >= 11 is 0. The van der Waals surface area contributed by atoms with E-state index in [2.05, 4.69) is 16.0 Å². The zero-order chi connectivity index (χ0) is 35.1.